The highest BCUT2D eigenvalue weighted by molar-refractivity contribution is 5.48. The van der Waals surface area contributed by atoms with E-state index in [1.807, 2.05) is 44.2 Å². The van der Waals surface area contributed by atoms with Gasteiger partial charge in [-0.3, -0.25) is 0 Å². The molecule has 6 nitrogen and oxygen atoms in total. The first-order valence-electron chi connectivity index (χ1n) is 6.92. The Bertz CT molecular complexity index is 574. The molecule has 0 aliphatic heterocycles. The lowest BCUT2D eigenvalue weighted by Crippen LogP contribution is -2.18. The normalized spacial score (nSPS) is 12.2. The quantitative estimate of drug-likeness (QED) is 0.479. The van der Waals surface area contributed by atoms with E-state index in [0.717, 1.165) is 5.56 Å². The van der Waals surface area contributed by atoms with Crippen molar-refractivity contribution in [1.29, 1.82) is 0 Å². The van der Waals surface area contributed by atoms with Gasteiger partial charge in [0.1, 0.15) is 17.5 Å². The van der Waals surface area contributed by atoms with Crippen LogP contribution in [-0.4, -0.2) is 21.7 Å². The minimum atomic E-state index is -0.230. The largest absolute Gasteiger partial charge is 0.394 e. The van der Waals surface area contributed by atoms with Gasteiger partial charge in [0.25, 0.3) is 0 Å². The minimum absolute atomic E-state index is 0.0313. The van der Waals surface area contributed by atoms with Crippen molar-refractivity contribution in [1.82, 2.24) is 9.97 Å². The summed E-state index contributed by atoms with van der Waals surface area (Å²) < 4.78 is 0. The van der Waals surface area contributed by atoms with Crippen LogP contribution in [0.15, 0.2) is 36.4 Å². The predicted molar refractivity (Wildman–Crippen MR) is 83.8 cm³/mol. The summed E-state index contributed by atoms with van der Waals surface area (Å²) >= 11 is 0. The van der Waals surface area contributed by atoms with E-state index in [9.17, 15) is 5.11 Å². The topological polar surface area (TPSA) is 96.1 Å². The van der Waals surface area contributed by atoms with Gasteiger partial charge in [0.2, 0.25) is 0 Å². The Labute approximate surface area is 124 Å². The van der Waals surface area contributed by atoms with Gasteiger partial charge in [0.05, 0.1) is 12.6 Å². The molecule has 21 heavy (non-hydrogen) atoms. The van der Waals surface area contributed by atoms with Crippen molar-refractivity contribution in [3.8, 4) is 0 Å². The summed E-state index contributed by atoms with van der Waals surface area (Å²) in [5.74, 6) is 7.49. The lowest BCUT2D eigenvalue weighted by atomic mass is 10.1. The standard InChI is InChI=1S/C15H21N5O/c1-10(2)15-18-13(8-14(19-15)20-16)17-12(9-21)11-6-4-3-5-7-11/h3-8,10,12,21H,9,16H2,1-2H3,(H2,17,18,19,20). The van der Waals surface area contributed by atoms with Crippen LogP contribution in [0.3, 0.4) is 0 Å². The van der Waals surface area contributed by atoms with Crippen molar-refractivity contribution in [3.63, 3.8) is 0 Å². The maximum absolute atomic E-state index is 9.60. The van der Waals surface area contributed by atoms with Crippen LogP contribution in [-0.2, 0) is 0 Å². The van der Waals surface area contributed by atoms with Gasteiger partial charge in [-0.2, -0.15) is 0 Å². The zero-order valence-corrected chi connectivity index (χ0v) is 12.2. The third kappa shape index (κ3) is 3.90. The molecule has 0 saturated heterocycles. The highest BCUT2D eigenvalue weighted by Gasteiger charge is 2.13. The molecule has 5 N–H and O–H groups in total. The van der Waals surface area contributed by atoms with Crippen molar-refractivity contribution >= 4 is 11.6 Å². The molecule has 0 amide bonds. The molecule has 0 saturated carbocycles. The average Bonchev–Trinajstić information content (AvgIpc) is 2.53. The Morgan fingerprint density at radius 1 is 1.14 bits per heavy atom. The molecule has 1 aromatic heterocycles. The van der Waals surface area contributed by atoms with Crippen LogP contribution in [0.1, 0.15) is 37.2 Å². The molecule has 1 heterocycles. The number of hydrazine groups is 1. The molecule has 2 aromatic rings. The molecule has 0 aliphatic rings. The van der Waals surface area contributed by atoms with Crippen LogP contribution < -0.4 is 16.6 Å². The molecule has 6 heteroatoms. The fraction of sp³-hybridized carbons (Fsp3) is 0.333. The fourth-order valence-electron chi connectivity index (χ4n) is 1.97. The van der Waals surface area contributed by atoms with Crippen molar-refractivity contribution in [2.45, 2.75) is 25.8 Å². The van der Waals surface area contributed by atoms with Crippen molar-refractivity contribution in [2.24, 2.45) is 5.84 Å². The van der Waals surface area contributed by atoms with Gasteiger partial charge < -0.3 is 15.8 Å². The third-order valence-corrected chi connectivity index (χ3v) is 3.11. The van der Waals surface area contributed by atoms with Crippen LogP contribution in [0, 0.1) is 0 Å². The van der Waals surface area contributed by atoms with Crippen LogP contribution in [0.5, 0.6) is 0 Å². The Morgan fingerprint density at radius 2 is 1.81 bits per heavy atom. The van der Waals surface area contributed by atoms with Crippen LogP contribution in [0.2, 0.25) is 0 Å². The highest BCUT2D eigenvalue weighted by atomic mass is 16.3. The number of nitrogens with zero attached hydrogens (tertiary/aromatic N) is 2. The number of aliphatic hydroxyl groups excluding tert-OH is 1. The number of aromatic nitrogens is 2. The van der Waals surface area contributed by atoms with Crippen LogP contribution in [0.25, 0.3) is 0 Å². The molecule has 1 aromatic carbocycles. The lowest BCUT2D eigenvalue weighted by molar-refractivity contribution is 0.276. The first-order valence-corrected chi connectivity index (χ1v) is 6.92. The molecular weight excluding hydrogens is 266 g/mol. The van der Waals surface area contributed by atoms with Crippen LogP contribution >= 0.6 is 0 Å². The number of benzene rings is 1. The summed E-state index contributed by atoms with van der Waals surface area (Å²) in [5.41, 5.74) is 3.53. The molecule has 0 fully saturated rings. The number of rotatable bonds is 6. The lowest BCUT2D eigenvalue weighted by Gasteiger charge is -2.18. The zero-order chi connectivity index (χ0) is 15.2. The number of hydrogen-bond donors (Lipinski definition) is 4. The van der Waals surface area contributed by atoms with Crippen molar-refractivity contribution in [3.05, 3.63) is 47.8 Å². The minimum Gasteiger partial charge on any atom is -0.394 e. The summed E-state index contributed by atoms with van der Waals surface area (Å²) in [5, 5.41) is 12.8. The second kappa shape index (κ2) is 7.01. The molecule has 2 rings (SSSR count). The summed E-state index contributed by atoms with van der Waals surface area (Å²) in [7, 11) is 0. The molecule has 112 valence electrons. The smallest absolute Gasteiger partial charge is 0.145 e. The molecule has 0 radical (unpaired) electrons. The first kappa shape index (κ1) is 15.2. The predicted octanol–water partition coefficient (Wildman–Crippen LogP) is 2.03. The summed E-state index contributed by atoms with van der Waals surface area (Å²) in [6.45, 7) is 4.00. The van der Waals surface area contributed by atoms with E-state index in [1.54, 1.807) is 6.07 Å². The Balaban J connectivity index is 2.27. The average molecular weight is 287 g/mol. The van der Waals surface area contributed by atoms with E-state index < -0.39 is 0 Å². The number of aliphatic hydroxyl groups is 1. The van der Waals surface area contributed by atoms with E-state index in [2.05, 4.69) is 20.7 Å². The van der Waals surface area contributed by atoms with Gasteiger partial charge >= 0.3 is 0 Å². The van der Waals surface area contributed by atoms with Gasteiger partial charge in [0.15, 0.2) is 0 Å². The summed E-state index contributed by atoms with van der Waals surface area (Å²) in [6, 6.07) is 11.2. The van der Waals surface area contributed by atoms with Gasteiger partial charge in [-0.1, -0.05) is 44.2 Å². The Morgan fingerprint density at radius 3 is 2.38 bits per heavy atom. The molecule has 0 spiro atoms. The van der Waals surface area contributed by atoms with E-state index >= 15 is 0 Å². The van der Waals surface area contributed by atoms with E-state index in [0.29, 0.717) is 17.5 Å². The zero-order valence-electron chi connectivity index (χ0n) is 12.2. The molecule has 1 atom stereocenters. The molecular formula is C15H21N5O. The second-order valence-electron chi connectivity index (χ2n) is 5.09. The number of nitrogen functional groups attached to an aromatic ring is 1. The Hall–Kier alpha value is -2.18. The molecule has 1 unspecified atom stereocenters. The van der Waals surface area contributed by atoms with Gasteiger partial charge in [-0.05, 0) is 5.56 Å². The number of hydrogen-bond acceptors (Lipinski definition) is 6. The molecule has 0 aliphatic carbocycles. The summed E-state index contributed by atoms with van der Waals surface area (Å²) in [4.78, 5) is 8.77. The maximum Gasteiger partial charge on any atom is 0.145 e. The van der Waals surface area contributed by atoms with Crippen LogP contribution in [0.4, 0.5) is 11.6 Å². The number of anilines is 2. The van der Waals surface area contributed by atoms with Gasteiger partial charge in [0, 0.05) is 12.0 Å². The SMILES string of the molecule is CC(C)c1nc(NN)cc(NC(CO)c2ccccc2)n1. The monoisotopic (exact) mass is 287 g/mol. The maximum atomic E-state index is 9.60. The van der Waals surface area contributed by atoms with Gasteiger partial charge in [-0.15, -0.1) is 0 Å². The first-order chi connectivity index (χ1) is 10.1. The third-order valence-electron chi connectivity index (χ3n) is 3.11. The van der Waals surface area contributed by atoms with E-state index in [4.69, 9.17) is 5.84 Å². The van der Waals surface area contributed by atoms with E-state index in [-0.39, 0.29) is 18.6 Å². The van der Waals surface area contributed by atoms with Crippen molar-refractivity contribution in [2.75, 3.05) is 17.3 Å². The van der Waals surface area contributed by atoms with Crippen molar-refractivity contribution < 1.29 is 5.11 Å². The molecule has 0 bridgehead atoms. The fourth-order valence-corrected chi connectivity index (χ4v) is 1.97. The summed E-state index contributed by atoms with van der Waals surface area (Å²) in [6.07, 6.45) is 0. The number of nitrogens with two attached hydrogens (primary N) is 1. The highest BCUT2D eigenvalue weighted by Crippen LogP contribution is 2.21. The second-order valence-corrected chi connectivity index (χ2v) is 5.09. The number of nitrogens with one attached hydrogen (secondary N) is 2. The van der Waals surface area contributed by atoms with Gasteiger partial charge in [-0.25, -0.2) is 15.8 Å². The van der Waals surface area contributed by atoms with E-state index in [1.165, 1.54) is 0 Å². The Kier molecular flexibility index (Phi) is 5.08.